The first-order chi connectivity index (χ1) is 15.0. The standard InChI is InChI=1S/C20H38O11/c1-21-9-11-13(22-2)16(25-5)18(27-7)20(31-11)29-10-12-14(23-3)15(24-4)17(26-6)19(28-8)30-12/h11-20H,9-10H2,1-8H3/t11-,12?,13-,14-,15+,16+,17-,18-,19-,20-/m1/s1. The van der Waals surface area contributed by atoms with Crippen LogP contribution in [0.1, 0.15) is 0 Å². The first-order valence-corrected chi connectivity index (χ1v) is 10.2. The number of hydrogen-bond donors (Lipinski definition) is 0. The van der Waals surface area contributed by atoms with Crippen LogP contribution in [-0.4, -0.2) is 132 Å². The second-order valence-corrected chi connectivity index (χ2v) is 7.31. The van der Waals surface area contributed by atoms with E-state index in [1.807, 2.05) is 0 Å². The molecule has 184 valence electrons. The zero-order valence-electron chi connectivity index (χ0n) is 19.7. The van der Waals surface area contributed by atoms with Crippen LogP contribution in [0.2, 0.25) is 0 Å². The molecule has 0 spiro atoms. The van der Waals surface area contributed by atoms with Crippen LogP contribution >= 0.6 is 0 Å². The van der Waals surface area contributed by atoms with Gasteiger partial charge in [-0.15, -0.1) is 0 Å². The molecule has 2 aliphatic heterocycles. The van der Waals surface area contributed by atoms with E-state index in [0.29, 0.717) is 6.61 Å². The molecule has 10 atom stereocenters. The van der Waals surface area contributed by atoms with E-state index in [2.05, 4.69) is 0 Å². The van der Waals surface area contributed by atoms with Crippen LogP contribution < -0.4 is 0 Å². The molecule has 2 aliphatic rings. The molecule has 1 unspecified atom stereocenters. The minimum absolute atomic E-state index is 0.132. The van der Waals surface area contributed by atoms with E-state index in [1.165, 1.54) is 0 Å². The SMILES string of the molecule is COC[C@H]1O[C@@H](OCC2O[C@@H](OC)[C@H](OC)[C@@H](OC)[C@@H]2OC)[C@H](OC)[C@@H](OC)[C@@H]1OC. The van der Waals surface area contributed by atoms with Crippen molar-refractivity contribution in [1.82, 2.24) is 0 Å². The Morgan fingerprint density at radius 3 is 1.29 bits per heavy atom. The van der Waals surface area contributed by atoms with Gasteiger partial charge in [0.05, 0.1) is 13.2 Å². The maximum Gasteiger partial charge on any atom is 0.187 e. The summed E-state index contributed by atoms with van der Waals surface area (Å²) in [5, 5.41) is 0. The fraction of sp³-hybridized carbons (Fsp3) is 1.00. The summed E-state index contributed by atoms with van der Waals surface area (Å²) < 4.78 is 62.7. The first-order valence-electron chi connectivity index (χ1n) is 10.2. The molecule has 0 aliphatic carbocycles. The fourth-order valence-corrected chi connectivity index (χ4v) is 4.31. The highest BCUT2D eigenvalue weighted by atomic mass is 16.7. The predicted molar refractivity (Wildman–Crippen MR) is 107 cm³/mol. The number of rotatable bonds is 12. The van der Waals surface area contributed by atoms with Gasteiger partial charge in [0.15, 0.2) is 12.6 Å². The largest absolute Gasteiger partial charge is 0.382 e. The van der Waals surface area contributed by atoms with Crippen LogP contribution in [0.3, 0.4) is 0 Å². The Kier molecular flexibility index (Phi) is 11.5. The maximum absolute atomic E-state index is 6.12. The molecule has 0 aromatic carbocycles. The normalized spacial score (nSPS) is 41.4. The second-order valence-electron chi connectivity index (χ2n) is 7.31. The lowest BCUT2D eigenvalue weighted by Gasteiger charge is -2.46. The summed E-state index contributed by atoms with van der Waals surface area (Å²) in [5.41, 5.74) is 0. The van der Waals surface area contributed by atoms with E-state index in [4.69, 9.17) is 52.1 Å². The summed E-state index contributed by atoms with van der Waals surface area (Å²) in [4.78, 5) is 0. The van der Waals surface area contributed by atoms with Crippen molar-refractivity contribution in [2.45, 2.75) is 61.4 Å². The molecule has 0 amide bonds. The monoisotopic (exact) mass is 454 g/mol. The van der Waals surface area contributed by atoms with E-state index >= 15 is 0 Å². The average Bonchev–Trinajstić information content (AvgIpc) is 2.80. The average molecular weight is 455 g/mol. The lowest BCUT2D eigenvalue weighted by molar-refractivity contribution is -0.338. The number of hydrogen-bond acceptors (Lipinski definition) is 11. The lowest BCUT2D eigenvalue weighted by atomic mass is 9.97. The van der Waals surface area contributed by atoms with Crippen molar-refractivity contribution >= 4 is 0 Å². The van der Waals surface area contributed by atoms with Gasteiger partial charge in [-0.3, -0.25) is 0 Å². The van der Waals surface area contributed by atoms with E-state index in [-0.39, 0.29) is 12.7 Å². The molecule has 2 heterocycles. The summed E-state index contributed by atoms with van der Waals surface area (Å²) in [7, 11) is 12.6. The van der Waals surface area contributed by atoms with Gasteiger partial charge < -0.3 is 52.1 Å². The smallest absolute Gasteiger partial charge is 0.187 e. The van der Waals surface area contributed by atoms with Crippen molar-refractivity contribution in [3.63, 3.8) is 0 Å². The summed E-state index contributed by atoms with van der Waals surface area (Å²) in [6.45, 7) is 0.440. The number of ether oxygens (including phenoxy) is 11. The second kappa shape index (κ2) is 13.3. The summed E-state index contributed by atoms with van der Waals surface area (Å²) in [6, 6.07) is 0. The van der Waals surface area contributed by atoms with Crippen molar-refractivity contribution in [2.24, 2.45) is 0 Å². The molecule has 0 aromatic heterocycles. The fourth-order valence-electron chi connectivity index (χ4n) is 4.31. The van der Waals surface area contributed by atoms with Crippen molar-refractivity contribution < 1.29 is 52.1 Å². The highest BCUT2D eigenvalue weighted by molar-refractivity contribution is 4.94. The minimum atomic E-state index is -0.746. The maximum atomic E-state index is 6.12. The van der Waals surface area contributed by atoms with Crippen molar-refractivity contribution in [3.05, 3.63) is 0 Å². The van der Waals surface area contributed by atoms with Crippen LogP contribution in [0.25, 0.3) is 0 Å². The molecule has 31 heavy (non-hydrogen) atoms. The molecule has 0 bridgehead atoms. The molecule has 0 aromatic rings. The van der Waals surface area contributed by atoms with Crippen molar-refractivity contribution in [3.8, 4) is 0 Å². The van der Waals surface area contributed by atoms with Crippen molar-refractivity contribution in [1.29, 1.82) is 0 Å². The van der Waals surface area contributed by atoms with Crippen LogP contribution in [0.15, 0.2) is 0 Å². The van der Waals surface area contributed by atoms with Gasteiger partial charge in [0, 0.05) is 56.9 Å². The number of methoxy groups -OCH3 is 8. The van der Waals surface area contributed by atoms with Gasteiger partial charge in [-0.1, -0.05) is 0 Å². The molecular weight excluding hydrogens is 416 g/mol. The van der Waals surface area contributed by atoms with E-state index in [9.17, 15) is 0 Å². The molecule has 11 nitrogen and oxygen atoms in total. The molecule has 0 N–H and O–H groups in total. The molecule has 2 rings (SSSR count). The third-order valence-electron chi connectivity index (χ3n) is 5.80. The third kappa shape index (κ3) is 5.92. The van der Waals surface area contributed by atoms with Crippen molar-refractivity contribution in [2.75, 3.05) is 70.1 Å². The van der Waals surface area contributed by atoms with Gasteiger partial charge in [0.2, 0.25) is 0 Å². The van der Waals surface area contributed by atoms with Crippen LogP contribution in [0.4, 0.5) is 0 Å². The van der Waals surface area contributed by atoms with E-state index in [0.717, 1.165) is 0 Å². The van der Waals surface area contributed by atoms with Crippen LogP contribution in [-0.2, 0) is 52.1 Å². The van der Waals surface area contributed by atoms with E-state index in [1.54, 1.807) is 56.9 Å². The van der Waals surface area contributed by atoms with E-state index < -0.39 is 55.3 Å². The molecule has 0 saturated carbocycles. The summed E-state index contributed by atoms with van der Waals surface area (Å²) >= 11 is 0. The van der Waals surface area contributed by atoms with Gasteiger partial charge in [0.1, 0.15) is 48.8 Å². The first kappa shape index (κ1) is 26.8. The molecule has 0 radical (unpaired) electrons. The lowest BCUT2D eigenvalue weighted by Crippen LogP contribution is -2.63. The Balaban J connectivity index is 2.15. The van der Waals surface area contributed by atoms with Crippen LogP contribution in [0.5, 0.6) is 0 Å². The Bertz CT molecular complexity index is 496. The zero-order valence-corrected chi connectivity index (χ0v) is 19.7. The van der Waals surface area contributed by atoms with Gasteiger partial charge in [-0.25, -0.2) is 0 Å². The predicted octanol–water partition coefficient (Wildman–Crippen LogP) is -0.164. The molecule has 2 fully saturated rings. The Morgan fingerprint density at radius 2 is 0.871 bits per heavy atom. The third-order valence-corrected chi connectivity index (χ3v) is 5.80. The minimum Gasteiger partial charge on any atom is -0.382 e. The summed E-state index contributed by atoms with van der Waals surface area (Å²) in [6.07, 6.45) is -4.97. The Morgan fingerprint density at radius 1 is 0.452 bits per heavy atom. The molecule has 11 heteroatoms. The Labute approximate surface area is 184 Å². The van der Waals surface area contributed by atoms with Crippen LogP contribution in [0, 0.1) is 0 Å². The quantitative estimate of drug-likeness (QED) is 0.393. The zero-order chi connectivity index (χ0) is 23.0. The van der Waals surface area contributed by atoms with Gasteiger partial charge in [-0.05, 0) is 0 Å². The van der Waals surface area contributed by atoms with Gasteiger partial charge in [0.25, 0.3) is 0 Å². The molecule has 2 saturated heterocycles. The Hall–Kier alpha value is -0.440. The highest BCUT2D eigenvalue weighted by Gasteiger charge is 2.50. The highest BCUT2D eigenvalue weighted by Crippen LogP contribution is 2.31. The van der Waals surface area contributed by atoms with Gasteiger partial charge in [-0.2, -0.15) is 0 Å². The topological polar surface area (TPSA) is 102 Å². The van der Waals surface area contributed by atoms with Gasteiger partial charge >= 0.3 is 0 Å². The molecular formula is C20H38O11. The summed E-state index contributed by atoms with van der Waals surface area (Å²) in [5.74, 6) is 0.